The quantitative estimate of drug-likeness (QED) is 0.712. The third-order valence-corrected chi connectivity index (χ3v) is 4.33. The topological polar surface area (TPSA) is 29.3 Å². The first-order chi connectivity index (χ1) is 10.9. The van der Waals surface area contributed by atoms with Crippen LogP contribution in [0.15, 0.2) is 52.9 Å². The van der Waals surface area contributed by atoms with E-state index in [4.69, 9.17) is 4.42 Å². The average molecular weight is 292 g/mol. The molecule has 112 valence electrons. The molecule has 0 radical (unpaired) electrons. The second kappa shape index (κ2) is 5.93. The number of benzene rings is 2. The smallest absolute Gasteiger partial charge is 0.227 e. The van der Waals surface area contributed by atoms with Crippen molar-refractivity contribution in [2.75, 3.05) is 13.1 Å². The molecule has 1 aliphatic rings. The largest absolute Gasteiger partial charge is 0.436 e. The van der Waals surface area contributed by atoms with E-state index in [1.165, 1.54) is 37.9 Å². The molecular weight excluding hydrogens is 272 g/mol. The van der Waals surface area contributed by atoms with Gasteiger partial charge in [0.2, 0.25) is 5.89 Å². The molecular formula is C19H20N2O. The predicted octanol–water partition coefficient (Wildman–Crippen LogP) is 4.48. The fraction of sp³-hybridized carbons (Fsp3) is 0.316. The van der Waals surface area contributed by atoms with Gasteiger partial charge in [-0.15, -0.1) is 0 Å². The van der Waals surface area contributed by atoms with Crippen LogP contribution < -0.4 is 0 Å². The van der Waals surface area contributed by atoms with Crippen molar-refractivity contribution in [1.82, 2.24) is 9.88 Å². The molecule has 3 aromatic rings. The van der Waals surface area contributed by atoms with Crippen LogP contribution >= 0.6 is 0 Å². The first kappa shape index (κ1) is 13.5. The Labute approximate surface area is 130 Å². The number of hydrogen-bond acceptors (Lipinski definition) is 3. The minimum atomic E-state index is 0.700. The first-order valence-corrected chi connectivity index (χ1v) is 8.06. The normalized spacial score (nSPS) is 16.2. The maximum Gasteiger partial charge on any atom is 0.227 e. The molecule has 0 amide bonds. The molecule has 0 saturated carbocycles. The minimum Gasteiger partial charge on any atom is -0.436 e. The number of oxazole rings is 1. The van der Waals surface area contributed by atoms with E-state index in [1.807, 2.05) is 36.4 Å². The average Bonchev–Trinajstić information content (AvgIpc) is 3.00. The van der Waals surface area contributed by atoms with Crippen molar-refractivity contribution in [1.29, 1.82) is 0 Å². The van der Waals surface area contributed by atoms with E-state index in [1.54, 1.807) is 0 Å². The van der Waals surface area contributed by atoms with Gasteiger partial charge in [0, 0.05) is 12.1 Å². The minimum absolute atomic E-state index is 0.700. The van der Waals surface area contributed by atoms with Gasteiger partial charge in [0.25, 0.3) is 0 Å². The van der Waals surface area contributed by atoms with Crippen LogP contribution in [-0.2, 0) is 6.54 Å². The molecule has 0 aliphatic carbocycles. The highest BCUT2D eigenvalue weighted by molar-refractivity contribution is 5.76. The van der Waals surface area contributed by atoms with Gasteiger partial charge in [-0.1, -0.05) is 30.7 Å². The summed E-state index contributed by atoms with van der Waals surface area (Å²) in [6, 6.07) is 16.4. The lowest BCUT2D eigenvalue weighted by molar-refractivity contribution is 0.221. The Kier molecular flexibility index (Phi) is 3.65. The van der Waals surface area contributed by atoms with Crippen molar-refractivity contribution in [2.24, 2.45) is 0 Å². The SMILES string of the molecule is c1ccc(-c2nc3cc(CN4CCCCC4)ccc3o2)cc1. The Morgan fingerprint density at radius 2 is 1.77 bits per heavy atom. The summed E-state index contributed by atoms with van der Waals surface area (Å²) >= 11 is 0. The highest BCUT2D eigenvalue weighted by Crippen LogP contribution is 2.25. The second-order valence-corrected chi connectivity index (χ2v) is 6.02. The van der Waals surface area contributed by atoms with Crippen LogP contribution in [0.5, 0.6) is 0 Å². The van der Waals surface area contributed by atoms with Crippen molar-refractivity contribution in [2.45, 2.75) is 25.8 Å². The predicted molar refractivity (Wildman–Crippen MR) is 88.6 cm³/mol. The summed E-state index contributed by atoms with van der Waals surface area (Å²) in [5.41, 5.74) is 4.16. The van der Waals surface area contributed by atoms with Gasteiger partial charge in [0.05, 0.1) is 0 Å². The highest BCUT2D eigenvalue weighted by atomic mass is 16.3. The molecule has 1 aromatic heterocycles. The van der Waals surface area contributed by atoms with E-state index < -0.39 is 0 Å². The summed E-state index contributed by atoms with van der Waals surface area (Å²) in [6.45, 7) is 3.45. The van der Waals surface area contributed by atoms with Crippen molar-refractivity contribution < 1.29 is 4.42 Å². The fourth-order valence-corrected chi connectivity index (χ4v) is 3.15. The summed E-state index contributed by atoms with van der Waals surface area (Å²) in [5.74, 6) is 0.700. The Morgan fingerprint density at radius 3 is 2.59 bits per heavy atom. The zero-order valence-corrected chi connectivity index (χ0v) is 12.7. The van der Waals surface area contributed by atoms with E-state index in [9.17, 15) is 0 Å². The van der Waals surface area contributed by atoms with Gasteiger partial charge < -0.3 is 4.42 Å². The van der Waals surface area contributed by atoms with E-state index in [0.29, 0.717) is 5.89 Å². The van der Waals surface area contributed by atoms with Crippen LogP contribution in [0, 0.1) is 0 Å². The lowest BCUT2D eigenvalue weighted by Gasteiger charge is -2.26. The standard InChI is InChI=1S/C19H20N2O/c1-3-7-16(8-4-1)19-20-17-13-15(9-10-18(17)22-19)14-21-11-5-2-6-12-21/h1,3-4,7-10,13H,2,5-6,11-12,14H2. The molecule has 1 aliphatic heterocycles. The molecule has 4 rings (SSSR count). The summed E-state index contributed by atoms with van der Waals surface area (Å²) in [6.07, 6.45) is 4.02. The maximum absolute atomic E-state index is 5.87. The van der Waals surface area contributed by atoms with Crippen molar-refractivity contribution in [3.63, 3.8) is 0 Å². The lowest BCUT2D eigenvalue weighted by Crippen LogP contribution is -2.29. The number of aromatic nitrogens is 1. The Hall–Kier alpha value is -2.13. The molecule has 0 bridgehead atoms. The van der Waals surface area contributed by atoms with Crippen LogP contribution in [0.25, 0.3) is 22.6 Å². The summed E-state index contributed by atoms with van der Waals surface area (Å²) in [7, 11) is 0. The highest BCUT2D eigenvalue weighted by Gasteiger charge is 2.12. The number of hydrogen-bond donors (Lipinski definition) is 0. The fourth-order valence-electron chi connectivity index (χ4n) is 3.15. The second-order valence-electron chi connectivity index (χ2n) is 6.02. The molecule has 22 heavy (non-hydrogen) atoms. The monoisotopic (exact) mass is 292 g/mol. The van der Waals surface area contributed by atoms with Crippen molar-refractivity contribution >= 4 is 11.1 Å². The van der Waals surface area contributed by atoms with E-state index in [0.717, 1.165) is 23.2 Å². The van der Waals surface area contributed by atoms with E-state index in [-0.39, 0.29) is 0 Å². The van der Waals surface area contributed by atoms with Gasteiger partial charge in [-0.25, -0.2) is 4.98 Å². The molecule has 1 saturated heterocycles. The Morgan fingerprint density at radius 1 is 0.955 bits per heavy atom. The van der Waals surface area contributed by atoms with Crippen LogP contribution in [0.1, 0.15) is 24.8 Å². The van der Waals surface area contributed by atoms with Crippen molar-refractivity contribution in [3.8, 4) is 11.5 Å². The molecule has 3 nitrogen and oxygen atoms in total. The molecule has 2 aromatic carbocycles. The zero-order chi connectivity index (χ0) is 14.8. The first-order valence-electron chi connectivity index (χ1n) is 8.06. The Bertz CT molecular complexity index is 757. The number of nitrogens with zero attached hydrogens (tertiary/aromatic N) is 2. The van der Waals surface area contributed by atoms with Crippen LogP contribution in [0.3, 0.4) is 0 Å². The van der Waals surface area contributed by atoms with Crippen LogP contribution in [0.4, 0.5) is 0 Å². The lowest BCUT2D eigenvalue weighted by atomic mass is 10.1. The number of fused-ring (bicyclic) bond motifs is 1. The molecule has 0 unspecified atom stereocenters. The molecule has 0 spiro atoms. The molecule has 2 heterocycles. The molecule has 0 N–H and O–H groups in total. The van der Waals surface area contributed by atoms with Crippen molar-refractivity contribution in [3.05, 3.63) is 54.1 Å². The van der Waals surface area contributed by atoms with Gasteiger partial charge >= 0.3 is 0 Å². The number of rotatable bonds is 3. The Balaban J connectivity index is 1.60. The molecule has 1 fully saturated rings. The molecule has 3 heteroatoms. The third-order valence-electron chi connectivity index (χ3n) is 4.33. The molecule has 0 atom stereocenters. The maximum atomic E-state index is 5.87. The summed E-state index contributed by atoms with van der Waals surface area (Å²) < 4.78 is 5.87. The van der Waals surface area contributed by atoms with E-state index >= 15 is 0 Å². The third kappa shape index (κ3) is 2.77. The van der Waals surface area contributed by atoms with Crippen LogP contribution in [-0.4, -0.2) is 23.0 Å². The van der Waals surface area contributed by atoms with Gasteiger partial charge in [-0.3, -0.25) is 4.90 Å². The summed E-state index contributed by atoms with van der Waals surface area (Å²) in [4.78, 5) is 7.18. The van der Waals surface area contributed by atoms with Gasteiger partial charge in [-0.05, 0) is 55.8 Å². The van der Waals surface area contributed by atoms with Gasteiger partial charge in [0.1, 0.15) is 5.52 Å². The van der Waals surface area contributed by atoms with Gasteiger partial charge in [0.15, 0.2) is 5.58 Å². The van der Waals surface area contributed by atoms with E-state index in [2.05, 4.69) is 22.0 Å². The summed E-state index contributed by atoms with van der Waals surface area (Å²) in [5, 5.41) is 0. The van der Waals surface area contributed by atoms with Gasteiger partial charge in [-0.2, -0.15) is 0 Å². The number of likely N-dealkylation sites (tertiary alicyclic amines) is 1. The zero-order valence-electron chi connectivity index (χ0n) is 12.7. The number of piperidine rings is 1. The van der Waals surface area contributed by atoms with Crippen LogP contribution in [0.2, 0.25) is 0 Å².